The Morgan fingerprint density at radius 2 is 1.91 bits per heavy atom. The number of aromatic amines is 1. The van der Waals surface area contributed by atoms with E-state index in [0.29, 0.717) is 22.2 Å². The molecule has 0 bridgehead atoms. The van der Waals surface area contributed by atoms with Gasteiger partial charge in [0.25, 0.3) is 5.91 Å². The van der Waals surface area contributed by atoms with Crippen LogP contribution in [0.1, 0.15) is 36.1 Å². The summed E-state index contributed by atoms with van der Waals surface area (Å²) in [6.07, 6.45) is 0. The van der Waals surface area contributed by atoms with Crippen LogP contribution in [0.2, 0.25) is 5.02 Å². The highest BCUT2D eigenvalue weighted by Crippen LogP contribution is 2.20. The fourth-order valence-corrected chi connectivity index (χ4v) is 2.39. The van der Waals surface area contributed by atoms with Gasteiger partial charge in [0.15, 0.2) is 11.3 Å². The van der Waals surface area contributed by atoms with Crippen molar-refractivity contribution in [3.05, 3.63) is 51.3 Å². The molecule has 1 aromatic carbocycles. The van der Waals surface area contributed by atoms with Gasteiger partial charge in [0, 0.05) is 10.9 Å². The molecule has 1 amide bonds. The fraction of sp³-hybridized carbons (Fsp3) is 0.200. The van der Waals surface area contributed by atoms with E-state index < -0.39 is 11.6 Å². The SMILES string of the molecule is CC(C)c1nc(C(N)=O)c2[nH]c(=O)n(-c3ccc(Cl)cc3)c2n1. The van der Waals surface area contributed by atoms with Gasteiger partial charge < -0.3 is 10.7 Å². The first-order valence-electron chi connectivity index (χ1n) is 6.97. The van der Waals surface area contributed by atoms with Crippen LogP contribution in [0.5, 0.6) is 0 Å². The van der Waals surface area contributed by atoms with Gasteiger partial charge >= 0.3 is 5.69 Å². The number of halogens is 1. The Hall–Kier alpha value is -2.67. The first-order valence-corrected chi connectivity index (χ1v) is 7.34. The van der Waals surface area contributed by atoms with Crippen molar-refractivity contribution in [2.75, 3.05) is 0 Å². The minimum Gasteiger partial charge on any atom is -0.364 e. The third kappa shape index (κ3) is 2.59. The number of fused-ring (bicyclic) bond motifs is 1. The van der Waals surface area contributed by atoms with Crippen LogP contribution in [0.3, 0.4) is 0 Å². The van der Waals surface area contributed by atoms with Crippen LogP contribution in [-0.2, 0) is 0 Å². The zero-order valence-electron chi connectivity index (χ0n) is 12.5. The molecule has 0 unspecified atom stereocenters. The van der Waals surface area contributed by atoms with Crippen LogP contribution in [0.25, 0.3) is 16.9 Å². The first kappa shape index (κ1) is 15.2. The quantitative estimate of drug-likeness (QED) is 0.765. The van der Waals surface area contributed by atoms with Gasteiger partial charge in [-0.05, 0) is 24.3 Å². The Kier molecular flexibility index (Phi) is 3.65. The Morgan fingerprint density at radius 3 is 2.48 bits per heavy atom. The number of aromatic nitrogens is 4. The van der Waals surface area contributed by atoms with Crippen molar-refractivity contribution in [2.45, 2.75) is 19.8 Å². The van der Waals surface area contributed by atoms with Gasteiger partial charge in [-0.1, -0.05) is 25.4 Å². The highest BCUT2D eigenvalue weighted by molar-refractivity contribution is 6.30. The van der Waals surface area contributed by atoms with Gasteiger partial charge in [0.2, 0.25) is 0 Å². The molecule has 0 saturated heterocycles. The average molecular weight is 332 g/mol. The molecular weight excluding hydrogens is 318 g/mol. The number of benzene rings is 1. The van der Waals surface area contributed by atoms with Crippen molar-refractivity contribution in [3.63, 3.8) is 0 Å². The Labute approximate surface area is 136 Å². The van der Waals surface area contributed by atoms with E-state index in [4.69, 9.17) is 17.3 Å². The summed E-state index contributed by atoms with van der Waals surface area (Å²) >= 11 is 5.88. The van der Waals surface area contributed by atoms with Crippen LogP contribution in [-0.4, -0.2) is 25.4 Å². The van der Waals surface area contributed by atoms with Crippen molar-refractivity contribution >= 4 is 28.7 Å². The number of carbonyl (C=O) groups excluding carboxylic acids is 1. The third-order valence-corrected chi connectivity index (χ3v) is 3.64. The lowest BCUT2D eigenvalue weighted by Gasteiger charge is -2.08. The number of amides is 1. The molecule has 0 atom stereocenters. The van der Waals surface area contributed by atoms with Crippen LogP contribution in [0.15, 0.2) is 29.1 Å². The number of primary amides is 1. The zero-order chi connectivity index (χ0) is 16.7. The monoisotopic (exact) mass is 331 g/mol. The number of nitrogens with zero attached hydrogens (tertiary/aromatic N) is 3. The molecule has 0 saturated carbocycles. The summed E-state index contributed by atoms with van der Waals surface area (Å²) in [6, 6.07) is 6.72. The second kappa shape index (κ2) is 5.51. The molecule has 2 aromatic heterocycles. The molecule has 0 radical (unpaired) electrons. The lowest BCUT2D eigenvalue weighted by Crippen LogP contribution is -2.16. The first-order chi connectivity index (χ1) is 10.9. The molecule has 0 aliphatic heterocycles. The van der Waals surface area contributed by atoms with Crippen molar-refractivity contribution in [1.82, 2.24) is 19.5 Å². The second-order valence-electron chi connectivity index (χ2n) is 5.39. The number of nitrogens with two attached hydrogens (primary N) is 1. The van der Waals surface area contributed by atoms with E-state index in [2.05, 4.69) is 15.0 Å². The number of H-pyrrole nitrogens is 1. The smallest absolute Gasteiger partial charge is 0.332 e. The van der Waals surface area contributed by atoms with Crippen LogP contribution < -0.4 is 11.4 Å². The van der Waals surface area contributed by atoms with Gasteiger partial charge in [-0.3, -0.25) is 4.79 Å². The number of nitrogens with one attached hydrogen (secondary N) is 1. The molecule has 2 heterocycles. The normalized spacial score (nSPS) is 11.3. The van der Waals surface area contributed by atoms with E-state index in [1.807, 2.05) is 13.8 Å². The van der Waals surface area contributed by atoms with E-state index >= 15 is 0 Å². The molecule has 8 heteroatoms. The lowest BCUT2D eigenvalue weighted by molar-refractivity contribution is 0.0996. The summed E-state index contributed by atoms with van der Waals surface area (Å²) in [7, 11) is 0. The van der Waals surface area contributed by atoms with Gasteiger partial charge in [0.1, 0.15) is 11.3 Å². The van der Waals surface area contributed by atoms with Gasteiger partial charge in [-0.25, -0.2) is 19.3 Å². The topological polar surface area (TPSA) is 107 Å². The number of imidazole rings is 1. The molecule has 0 aliphatic carbocycles. The molecule has 23 heavy (non-hydrogen) atoms. The number of hydrogen-bond donors (Lipinski definition) is 2. The summed E-state index contributed by atoms with van der Waals surface area (Å²) in [5.41, 5.74) is 6.07. The maximum absolute atomic E-state index is 12.3. The molecule has 0 spiro atoms. The van der Waals surface area contributed by atoms with Gasteiger partial charge in [-0.15, -0.1) is 0 Å². The molecule has 3 aromatic rings. The molecule has 3 rings (SSSR count). The largest absolute Gasteiger partial charge is 0.364 e. The van der Waals surface area contributed by atoms with E-state index in [9.17, 15) is 9.59 Å². The third-order valence-electron chi connectivity index (χ3n) is 3.39. The lowest BCUT2D eigenvalue weighted by atomic mass is 10.2. The fourth-order valence-electron chi connectivity index (χ4n) is 2.27. The maximum atomic E-state index is 12.3. The van der Waals surface area contributed by atoms with E-state index in [0.717, 1.165) is 0 Å². The van der Waals surface area contributed by atoms with E-state index in [-0.39, 0.29) is 17.1 Å². The highest BCUT2D eigenvalue weighted by atomic mass is 35.5. The Balaban J connectivity index is 2.39. The van der Waals surface area contributed by atoms with Crippen molar-refractivity contribution in [3.8, 4) is 5.69 Å². The standard InChI is InChI=1S/C15H14ClN5O2/c1-7(2)13-18-10(12(17)22)11-14(20-13)21(15(23)19-11)9-5-3-8(16)4-6-9/h3-7H,1-2H3,(H2,17,22)(H,19,23). The number of rotatable bonds is 3. The molecule has 118 valence electrons. The van der Waals surface area contributed by atoms with E-state index in [1.54, 1.807) is 24.3 Å². The van der Waals surface area contributed by atoms with Crippen LogP contribution in [0, 0.1) is 0 Å². The Morgan fingerprint density at radius 1 is 1.26 bits per heavy atom. The zero-order valence-corrected chi connectivity index (χ0v) is 13.3. The van der Waals surface area contributed by atoms with E-state index in [1.165, 1.54) is 4.57 Å². The van der Waals surface area contributed by atoms with Crippen LogP contribution in [0.4, 0.5) is 0 Å². The minimum absolute atomic E-state index is 0.00325. The summed E-state index contributed by atoms with van der Waals surface area (Å²) in [5, 5.41) is 0.553. The summed E-state index contributed by atoms with van der Waals surface area (Å²) in [4.78, 5) is 35.2. The van der Waals surface area contributed by atoms with Gasteiger partial charge in [0.05, 0.1) is 5.69 Å². The van der Waals surface area contributed by atoms with Crippen molar-refractivity contribution < 1.29 is 4.79 Å². The minimum atomic E-state index is -0.719. The van der Waals surface area contributed by atoms with Gasteiger partial charge in [-0.2, -0.15) is 0 Å². The molecule has 3 N–H and O–H groups in total. The summed E-state index contributed by atoms with van der Waals surface area (Å²) in [6.45, 7) is 3.78. The van der Waals surface area contributed by atoms with Crippen LogP contribution >= 0.6 is 11.6 Å². The predicted molar refractivity (Wildman–Crippen MR) is 87.1 cm³/mol. The highest BCUT2D eigenvalue weighted by Gasteiger charge is 2.20. The molecule has 0 fully saturated rings. The number of carbonyl (C=O) groups is 1. The van der Waals surface area contributed by atoms with Crippen molar-refractivity contribution in [1.29, 1.82) is 0 Å². The Bertz CT molecular complexity index is 956. The summed E-state index contributed by atoms with van der Waals surface area (Å²) in [5.74, 6) is -0.307. The second-order valence-corrected chi connectivity index (χ2v) is 5.83. The predicted octanol–water partition coefficient (Wildman–Crippen LogP) is 1.98. The maximum Gasteiger partial charge on any atom is 0.332 e. The molecular formula is C15H14ClN5O2. The molecule has 0 aliphatic rings. The summed E-state index contributed by atoms with van der Waals surface area (Å²) < 4.78 is 1.37. The number of hydrogen-bond acceptors (Lipinski definition) is 4. The van der Waals surface area contributed by atoms with Crippen molar-refractivity contribution in [2.24, 2.45) is 5.73 Å². The average Bonchev–Trinajstić information content (AvgIpc) is 2.82. The molecule has 7 nitrogen and oxygen atoms in total.